The van der Waals surface area contributed by atoms with Gasteiger partial charge in [0.2, 0.25) is 5.82 Å². The van der Waals surface area contributed by atoms with Gasteiger partial charge < -0.3 is 5.32 Å². The minimum atomic E-state index is 0.224. The first-order chi connectivity index (χ1) is 8.72. The molecule has 0 saturated carbocycles. The first-order valence-electron chi connectivity index (χ1n) is 6.22. The van der Waals surface area contributed by atoms with E-state index in [2.05, 4.69) is 34.6 Å². The highest BCUT2D eigenvalue weighted by Gasteiger charge is 2.16. The van der Waals surface area contributed by atoms with Crippen LogP contribution >= 0.6 is 0 Å². The monoisotopic (exact) mass is 245 g/mol. The van der Waals surface area contributed by atoms with Crippen LogP contribution in [0, 0.1) is 5.92 Å². The van der Waals surface area contributed by atoms with Crippen LogP contribution in [0.2, 0.25) is 0 Å². The number of tetrazole rings is 1. The van der Waals surface area contributed by atoms with E-state index in [-0.39, 0.29) is 6.04 Å². The van der Waals surface area contributed by atoms with Gasteiger partial charge in [-0.3, -0.25) is 0 Å². The molecule has 0 saturated heterocycles. The maximum absolute atomic E-state index is 4.45. The lowest BCUT2D eigenvalue weighted by atomic mass is 10.1. The van der Waals surface area contributed by atoms with Crippen molar-refractivity contribution in [2.75, 3.05) is 13.6 Å². The highest BCUT2D eigenvalue weighted by molar-refractivity contribution is 5.52. The summed E-state index contributed by atoms with van der Waals surface area (Å²) < 4.78 is 0. The highest BCUT2D eigenvalue weighted by Crippen LogP contribution is 2.17. The second-order valence-electron chi connectivity index (χ2n) is 4.58. The van der Waals surface area contributed by atoms with Crippen LogP contribution in [-0.4, -0.2) is 33.8 Å². The van der Waals surface area contributed by atoms with Crippen molar-refractivity contribution in [2.45, 2.75) is 19.9 Å². The van der Waals surface area contributed by atoms with Crippen molar-refractivity contribution in [1.29, 1.82) is 0 Å². The zero-order valence-corrected chi connectivity index (χ0v) is 11.0. The van der Waals surface area contributed by atoms with Gasteiger partial charge in [0.05, 0.1) is 6.04 Å². The predicted octanol–water partition coefficient (Wildman–Crippen LogP) is 1.76. The average Bonchev–Trinajstić information content (AvgIpc) is 2.89. The van der Waals surface area contributed by atoms with Crippen LogP contribution in [-0.2, 0) is 0 Å². The van der Waals surface area contributed by atoms with Crippen LogP contribution in [0.4, 0.5) is 0 Å². The Morgan fingerprint density at radius 3 is 2.61 bits per heavy atom. The molecule has 2 atom stereocenters. The van der Waals surface area contributed by atoms with Crippen LogP contribution in [0.5, 0.6) is 0 Å². The minimum Gasteiger partial charge on any atom is -0.319 e. The van der Waals surface area contributed by atoms with Crippen molar-refractivity contribution in [1.82, 2.24) is 25.5 Å². The van der Waals surface area contributed by atoms with E-state index in [4.69, 9.17) is 0 Å². The molecule has 0 amide bonds. The Labute approximate surface area is 107 Å². The molecule has 1 aromatic heterocycles. The van der Waals surface area contributed by atoms with Gasteiger partial charge in [-0.05, 0) is 31.6 Å². The van der Waals surface area contributed by atoms with Gasteiger partial charge in [0.1, 0.15) is 0 Å². The van der Waals surface area contributed by atoms with E-state index in [1.54, 1.807) is 4.80 Å². The molecule has 1 heterocycles. The van der Waals surface area contributed by atoms with E-state index in [1.165, 1.54) is 0 Å². The smallest absolute Gasteiger partial charge is 0.204 e. The third-order valence-corrected chi connectivity index (χ3v) is 3.17. The van der Waals surface area contributed by atoms with Gasteiger partial charge in [-0.15, -0.1) is 10.2 Å². The van der Waals surface area contributed by atoms with Gasteiger partial charge in [0, 0.05) is 5.56 Å². The quantitative estimate of drug-likeness (QED) is 0.872. The van der Waals surface area contributed by atoms with Crippen LogP contribution < -0.4 is 5.32 Å². The molecule has 0 aliphatic rings. The third-order valence-electron chi connectivity index (χ3n) is 3.17. The summed E-state index contributed by atoms with van der Waals surface area (Å²) in [6, 6.07) is 10.1. The standard InChI is InChI=1S/C13H19N5/c1-10(9-14-3)11(2)18-16-13(15-17-18)12-7-5-4-6-8-12/h4-8,10-11,14H,9H2,1-3H3. The molecule has 0 radical (unpaired) electrons. The summed E-state index contributed by atoms with van der Waals surface area (Å²) in [5.74, 6) is 1.13. The summed E-state index contributed by atoms with van der Waals surface area (Å²) in [5, 5.41) is 15.9. The van der Waals surface area contributed by atoms with Gasteiger partial charge in [-0.2, -0.15) is 4.80 Å². The Bertz CT molecular complexity index is 479. The van der Waals surface area contributed by atoms with E-state index in [1.807, 2.05) is 37.4 Å². The number of benzene rings is 1. The van der Waals surface area contributed by atoms with Crippen molar-refractivity contribution < 1.29 is 0 Å². The molecule has 18 heavy (non-hydrogen) atoms. The van der Waals surface area contributed by atoms with Crippen molar-refractivity contribution in [3.05, 3.63) is 30.3 Å². The van der Waals surface area contributed by atoms with E-state index >= 15 is 0 Å². The lowest BCUT2D eigenvalue weighted by Gasteiger charge is -2.17. The molecule has 1 N–H and O–H groups in total. The van der Waals surface area contributed by atoms with Gasteiger partial charge in [-0.25, -0.2) is 0 Å². The molecule has 2 aromatic rings. The van der Waals surface area contributed by atoms with Crippen LogP contribution in [0.15, 0.2) is 30.3 Å². The third kappa shape index (κ3) is 2.73. The van der Waals surface area contributed by atoms with E-state index < -0.39 is 0 Å². The normalized spacial score (nSPS) is 14.4. The second-order valence-corrected chi connectivity index (χ2v) is 4.58. The number of aromatic nitrogens is 4. The summed E-state index contributed by atoms with van der Waals surface area (Å²) in [7, 11) is 1.95. The summed E-state index contributed by atoms with van der Waals surface area (Å²) in [6.45, 7) is 5.22. The van der Waals surface area contributed by atoms with Crippen molar-refractivity contribution >= 4 is 0 Å². The molecular formula is C13H19N5. The zero-order valence-electron chi connectivity index (χ0n) is 11.0. The molecule has 5 nitrogen and oxygen atoms in total. The Hall–Kier alpha value is -1.75. The summed E-state index contributed by atoms with van der Waals surface area (Å²) in [4.78, 5) is 1.70. The van der Waals surface area contributed by atoms with Crippen molar-refractivity contribution in [3.63, 3.8) is 0 Å². The number of rotatable bonds is 5. The lowest BCUT2D eigenvalue weighted by Crippen LogP contribution is -2.25. The van der Waals surface area contributed by atoms with Gasteiger partial charge in [0.25, 0.3) is 0 Å². The van der Waals surface area contributed by atoms with Crippen LogP contribution in [0.3, 0.4) is 0 Å². The first-order valence-corrected chi connectivity index (χ1v) is 6.22. The predicted molar refractivity (Wildman–Crippen MR) is 71.1 cm³/mol. The molecule has 2 rings (SSSR count). The Kier molecular flexibility index (Phi) is 4.04. The number of nitrogens with one attached hydrogen (secondary N) is 1. The van der Waals surface area contributed by atoms with Crippen molar-refractivity contribution in [3.8, 4) is 11.4 Å². The molecule has 0 aliphatic heterocycles. The van der Waals surface area contributed by atoms with Crippen molar-refractivity contribution in [2.24, 2.45) is 5.92 Å². The fourth-order valence-electron chi connectivity index (χ4n) is 1.82. The lowest BCUT2D eigenvalue weighted by molar-refractivity contribution is 0.309. The van der Waals surface area contributed by atoms with E-state index in [9.17, 15) is 0 Å². The maximum atomic E-state index is 4.45. The van der Waals surface area contributed by atoms with E-state index in [0.29, 0.717) is 11.7 Å². The van der Waals surface area contributed by atoms with E-state index in [0.717, 1.165) is 12.1 Å². The molecular weight excluding hydrogens is 226 g/mol. The molecule has 0 bridgehead atoms. The summed E-state index contributed by atoms with van der Waals surface area (Å²) >= 11 is 0. The molecule has 1 aromatic carbocycles. The highest BCUT2D eigenvalue weighted by atomic mass is 15.6. The SMILES string of the molecule is CNCC(C)C(C)n1nnc(-c2ccccc2)n1. The maximum Gasteiger partial charge on any atom is 0.204 e. The molecule has 0 aliphatic carbocycles. The Morgan fingerprint density at radius 2 is 1.94 bits per heavy atom. The first kappa shape index (κ1) is 12.7. The second kappa shape index (κ2) is 5.73. The topological polar surface area (TPSA) is 55.6 Å². The largest absolute Gasteiger partial charge is 0.319 e. The van der Waals surface area contributed by atoms with Crippen LogP contribution in [0.1, 0.15) is 19.9 Å². The van der Waals surface area contributed by atoms with Crippen LogP contribution in [0.25, 0.3) is 11.4 Å². The number of hydrogen-bond donors (Lipinski definition) is 1. The van der Waals surface area contributed by atoms with Gasteiger partial charge in [0.15, 0.2) is 0 Å². The van der Waals surface area contributed by atoms with Gasteiger partial charge >= 0.3 is 0 Å². The number of hydrogen-bond acceptors (Lipinski definition) is 4. The zero-order chi connectivity index (χ0) is 13.0. The fraction of sp³-hybridized carbons (Fsp3) is 0.462. The number of nitrogens with zero attached hydrogens (tertiary/aromatic N) is 4. The molecule has 0 fully saturated rings. The Balaban J connectivity index is 2.15. The molecule has 0 spiro atoms. The average molecular weight is 245 g/mol. The summed E-state index contributed by atoms with van der Waals surface area (Å²) in [6.07, 6.45) is 0. The van der Waals surface area contributed by atoms with Gasteiger partial charge in [-0.1, -0.05) is 37.3 Å². The molecule has 96 valence electrons. The fourth-order valence-corrected chi connectivity index (χ4v) is 1.82. The summed E-state index contributed by atoms with van der Waals surface area (Å²) in [5.41, 5.74) is 0.997. The Morgan fingerprint density at radius 1 is 1.22 bits per heavy atom. The molecule has 5 heteroatoms. The minimum absolute atomic E-state index is 0.224. The molecule has 2 unspecified atom stereocenters.